The van der Waals surface area contributed by atoms with Crippen LogP contribution < -0.4 is 4.74 Å². The quantitative estimate of drug-likeness (QED) is 0.234. The Bertz CT molecular complexity index is 1620. The minimum Gasteiger partial charge on any atom is -0.493 e. The molecule has 0 fully saturated rings. The van der Waals surface area contributed by atoms with E-state index >= 15 is 0 Å². The van der Waals surface area contributed by atoms with E-state index < -0.39 is 0 Å². The topological polar surface area (TPSA) is 42.8 Å². The number of hydrogen-bond donors (Lipinski definition) is 1. The van der Waals surface area contributed by atoms with Gasteiger partial charge in [0.05, 0.1) is 18.5 Å². The van der Waals surface area contributed by atoms with Crippen LogP contribution in [0, 0.1) is 0 Å². The van der Waals surface area contributed by atoms with Gasteiger partial charge in [0.2, 0.25) is 0 Å². The molecule has 0 aliphatic carbocycles. The van der Waals surface area contributed by atoms with Gasteiger partial charge in [-0.3, -0.25) is 0 Å². The van der Waals surface area contributed by atoms with Gasteiger partial charge in [-0.2, -0.15) is 0 Å². The maximum Gasteiger partial charge on any atom is 0.127 e. The fourth-order valence-electron chi connectivity index (χ4n) is 4.82. The monoisotopic (exact) mass is 469 g/mol. The van der Waals surface area contributed by atoms with Crippen molar-refractivity contribution < 1.29 is 4.74 Å². The van der Waals surface area contributed by atoms with Crippen LogP contribution in [-0.2, 0) is 6.42 Å². The summed E-state index contributed by atoms with van der Waals surface area (Å²) in [4.78, 5) is 7.77. The van der Waals surface area contributed by atoms with Crippen LogP contribution in [0.15, 0.2) is 116 Å². The van der Waals surface area contributed by atoms with E-state index in [9.17, 15) is 0 Å². The predicted octanol–water partition coefficient (Wildman–Crippen LogP) is 7.58. The summed E-state index contributed by atoms with van der Waals surface area (Å²) in [5.41, 5.74) is 5.94. The van der Waals surface area contributed by atoms with E-state index in [0.29, 0.717) is 6.61 Å². The molecule has 2 heterocycles. The van der Waals surface area contributed by atoms with Crippen molar-refractivity contribution in [3.05, 3.63) is 133 Å². The number of fused-ring (bicyclic) bond motifs is 2. The van der Waals surface area contributed by atoms with Gasteiger partial charge in [0.1, 0.15) is 5.75 Å². The molecule has 4 nitrogen and oxygen atoms in total. The van der Waals surface area contributed by atoms with Crippen LogP contribution in [0.1, 0.15) is 23.1 Å². The number of imidazole rings is 1. The van der Waals surface area contributed by atoms with Crippen LogP contribution in [0.5, 0.6) is 5.75 Å². The number of nitrogens with zero attached hydrogens (tertiary/aromatic N) is 2. The molecule has 4 heteroatoms. The van der Waals surface area contributed by atoms with Crippen LogP contribution in [-0.4, -0.2) is 21.1 Å². The Morgan fingerprint density at radius 2 is 1.67 bits per heavy atom. The minimum atomic E-state index is 0.677. The predicted molar refractivity (Wildman–Crippen MR) is 148 cm³/mol. The Labute approximate surface area is 210 Å². The average Bonchev–Trinajstić information content (AvgIpc) is 3.60. The largest absolute Gasteiger partial charge is 0.493 e. The zero-order valence-electron chi connectivity index (χ0n) is 20.0. The Balaban J connectivity index is 1.24. The second-order valence-electron chi connectivity index (χ2n) is 8.89. The van der Waals surface area contributed by atoms with Gasteiger partial charge in [0.25, 0.3) is 0 Å². The molecule has 0 bridgehead atoms. The summed E-state index contributed by atoms with van der Waals surface area (Å²) in [7, 11) is 0. The highest BCUT2D eigenvalue weighted by Gasteiger charge is 2.13. The van der Waals surface area contributed by atoms with E-state index in [2.05, 4.69) is 107 Å². The van der Waals surface area contributed by atoms with E-state index in [-0.39, 0.29) is 0 Å². The lowest BCUT2D eigenvalue weighted by Gasteiger charge is -2.11. The van der Waals surface area contributed by atoms with Crippen molar-refractivity contribution >= 4 is 33.4 Å². The Kier molecular flexibility index (Phi) is 6.07. The number of rotatable bonds is 8. The van der Waals surface area contributed by atoms with Crippen molar-refractivity contribution in [3.8, 4) is 5.75 Å². The van der Waals surface area contributed by atoms with Gasteiger partial charge in [-0.25, -0.2) is 4.98 Å². The molecule has 36 heavy (non-hydrogen) atoms. The van der Waals surface area contributed by atoms with Crippen LogP contribution in [0.25, 0.3) is 33.4 Å². The first-order valence-corrected chi connectivity index (χ1v) is 12.3. The van der Waals surface area contributed by atoms with Gasteiger partial charge < -0.3 is 14.3 Å². The molecule has 4 aromatic carbocycles. The van der Waals surface area contributed by atoms with Gasteiger partial charge in [-0.1, -0.05) is 84.9 Å². The molecule has 2 aromatic heterocycles. The fraction of sp³-hybridized carbons (Fsp3) is 0.0938. The lowest BCUT2D eigenvalue weighted by atomic mass is 9.96. The number of para-hydroxylation sites is 1. The summed E-state index contributed by atoms with van der Waals surface area (Å²) in [6.45, 7) is 0.677. The van der Waals surface area contributed by atoms with Gasteiger partial charge in [0, 0.05) is 46.7 Å². The number of benzene rings is 4. The first-order chi connectivity index (χ1) is 17.9. The summed E-state index contributed by atoms with van der Waals surface area (Å²) in [5, 5.41) is 3.62. The van der Waals surface area contributed by atoms with Gasteiger partial charge >= 0.3 is 0 Å². The third-order valence-electron chi connectivity index (χ3n) is 6.58. The maximum absolute atomic E-state index is 6.18. The third kappa shape index (κ3) is 4.41. The molecule has 0 atom stereocenters. The number of H-pyrrole nitrogens is 1. The van der Waals surface area contributed by atoms with Crippen molar-refractivity contribution in [2.45, 2.75) is 12.8 Å². The molecule has 6 aromatic rings. The fourth-order valence-corrected chi connectivity index (χ4v) is 4.82. The van der Waals surface area contributed by atoms with Crippen LogP contribution >= 0.6 is 0 Å². The third-order valence-corrected chi connectivity index (χ3v) is 6.58. The first kappa shape index (κ1) is 21.9. The summed E-state index contributed by atoms with van der Waals surface area (Å²) >= 11 is 0. The second kappa shape index (κ2) is 9.96. The van der Waals surface area contributed by atoms with Crippen molar-refractivity contribution in [2.24, 2.45) is 0 Å². The Morgan fingerprint density at radius 3 is 2.56 bits per heavy atom. The van der Waals surface area contributed by atoms with Crippen LogP contribution in [0.2, 0.25) is 0 Å². The number of hydrogen-bond acceptors (Lipinski definition) is 2. The molecule has 0 aliphatic rings. The lowest BCUT2D eigenvalue weighted by molar-refractivity contribution is 0.315. The average molecular weight is 470 g/mol. The van der Waals surface area contributed by atoms with Crippen LogP contribution in [0.3, 0.4) is 0 Å². The number of aromatic nitrogens is 3. The van der Waals surface area contributed by atoms with Crippen molar-refractivity contribution in [2.75, 3.05) is 6.61 Å². The summed E-state index contributed by atoms with van der Waals surface area (Å²) < 4.78 is 8.18. The second-order valence-corrected chi connectivity index (χ2v) is 8.89. The molecule has 0 unspecified atom stereocenters. The molecule has 0 spiro atoms. The molecule has 6 rings (SSSR count). The van der Waals surface area contributed by atoms with Crippen LogP contribution in [0.4, 0.5) is 0 Å². The summed E-state index contributed by atoms with van der Waals surface area (Å²) in [6.07, 6.45) is 11.7. The SMILES string of the molecule is C(=C(\c1ccccc1)c1cccc2c(CCCOc3cccc4ccccc34)c[nH]c12)/n1ccnc1. The van der Waals surface area contributed by atoms with E-state index in [1.54, 1.807) is 6.20 Å². The van der Waals surface area contributed by atoms with E-state index in [4.69, 9.17) is 4.74 Å². The first-order valence-electron chi connectivity index (χ1n) is 12.3. The van der Waals surface area contributed by atoms with Gasteiger partial charge in [-0.15, -0.1) is 0 Å². The molecular weight excluding hydrogens is 442 g/mol. The highest BCUT2D eigenvalue weighted by molar-refractivity contribution is 6.00. The zero-order valence-corrected chi connectivity index (χ0v) is 20.0. The summed E-state index contributed by atoms with van der Waals surface area (Å²) in [6, 6.07) is 31.6. The highest BCUT2D eigenvalue weighted by Crippen LogP contribution is 2.32. The molecule has 1 N–H and O–H groups in total. The van der Waals surface area contributed by atoms with Crippen molar-refractivity contribution in [1.82, 2.24) is 14.5 Å². The molecule has 0 amide bonds. The number of ether oxygens (including phenoxy) is 1. The molecule has 0 saturated heterocycles. The number of nitrogens with one attached hydrogen (secondary N) is 1. The summed E-state index contributed by atoms with van der Waals surface area (Å²) in [5.74, 6) is 0.950. The van der Waals surface area contributed by atoms with Gasteiger partial charge in [0.15, 0.2) is 0 Å². The van der Waals surface area contributed by atoms with Gasteiger partial charge in [-0.05, 0) is 35.4 Å². The lowest BCUT2D eigenvalue weighted by Crippen LogP contribution is -1.99. The van der Waals surface area contributed by atoms with E-state index in [0.717, 1.165) is 35.1 Å². The highest BCUT2D eigenvalue weighted by atomic mass is 16.5. The smallest absolute Gasteiger partial charge is 0.127 e. The van der Waals surface area contributed by atoms with Crippen molar-refractivity contribution in [3.63, 3.8) is 0 Å². The molecule has 0 radical (unpaired) electrons. The molecule has 176 valence electrons. The van der Waals surface area contributed by atoms with E-state index in [1.807, 2.05) is 23.2 Å². The molecular formula is C32H27N3O. The maximum atomic E-state index is 6.18. The minimum absolute atomic E-state index is 0.677. The zero-order chi connectivity index (χ0) is 24.2. The molecule has 0 aliphatic heterocycles. The number of aryl methyl sites for hydroxylation is 1. The van der Waals surface area contributed by atoms with Crippen molar-refractivity contribution in [1.29, 1.82) is 0 Å². The Hall–Kier alpha value is -4.57. The molecule has 0 saturated carbocycles. The normalized spacial score (nSPS) is 11.8. The number of aromatic amines is 1. The standard InChI is InChI=1S/C32H27N3O/c1-2-9-25(10-3-1)30(22-35-19-18-33-23-35)29-16-7-15-28-26(21-34-32(28)29)13-8-20-36-31-17-6-12-24-11-4-5-14-27(24)31/h1-7,9-12,14-19,21-23,34H,8,13,20H2/b30-22-. The van der Waals surface area contributed by atoms with E-state index in [1.165, 1.54) is 27.5 Å². The Morgan fingerprint density at radius 1 is 0.861 bits per heavy atom.